The van der Waals surface area contributed by atoms with Crippen LogP contribution in [0.4, 0.5) is 4.39 Å². The highest BCUT2D eigenvalue weighted by Gasteiger charge is 2.25. The summed E-state index contributed by atoms with van der Waals surface area (Å²) in [4.78, 5) is 20.8. The fourth-order valence-electron chi connectivity index (χ4n) is 2.93. The Morgan fingerprint density at radius 3 is 2.67 bits per heavy atom. The standard InChI is InChI=1S/C19H22BrFN4O2/c1-2-22-19(23-13-14-12-15(20)5-6-16(14)21)25-9-7-24(8-10-25)18(26)17-4-3-11-27-17/h3-6,11-12H,2,7-10,13H2,1H3,(H,22,23). The van der Waals surface area contributed by atoms with Crippen molar-refractivity contribution < 1.29 is 13.6 Å². The van der Waals surface area contributed by atoms with Crippen molar-refractivity contribution in [2.24, 2.45) is 4.99 Å². The average Bonchev–Trinajstić information content (AvgIpc) is 3.22. The highest BCUT2D eigenvalue weighted by atomic mass is 79.9. The van der Waals surface area contributed by atoms with Gasteiger partial charge in [-0.3, -0.25) is 4.79 Å². The smallest absolute Gasteiger partial charge is 0.289 e. The van der Waals surface area contributed by atoms with E-state index in [4.69, 9.17) is 4.42 Å². The summed E-state index contributed by atoms with van der Waals surface area (Å²) in [6.07, 6.45) is 1.50. The maximum atomic E-state index is 13.9. The number of aliphatic imine (C=N–C) groups is 1. The van der Waals surface area contributed by atoms with Crippen molar-refractivity contribution in [3.8, 4) is 0 Å². The van der Waals surface area contributed by atoms with Crippen LogP contribution < -0.4 is 5.32 Å². The lowest BCUT2D eigenvalue weighted by atomic mass is 10.2. The molecule has 3 rings (SSSR count). The Morgan fingerprint density at radius 2 is 2.00 bits per heavy atom. The van der Waals surface area contributed by atoms with Gasteiger partial charge in [0, 0.05) is 42.8 Å². The summed E-state index contributed by atoms with van der Waals surface area (Å²) >= 11 is 3.36. The van der Waals surface area contributed by atoms with Gasteiger partial charge in [0.05, 0.1) is 12.8 Å². The lowest BCUT2D eigenvalue weighted by Gasteiger charge is -2.36. The summed E-state index contributed by atoms with van der Waals surface area (Å²) in [6, 6.07) is 8.22. The van der Waals surface area contributed by atoms with E-state index in [2.05, 4.69) is 31.1 Å². The Hall–Kier alpha value is -2.35. The molecule has 1 aromatic heterocycles. The van der Waals surface area contributed by atoms with E-state index < -0.39 is 0 Å². The second-order valence-electron chi connectivity index (χ2n) is 6.16. The minimum Gasteiger partial charge on any atom is -0.459 e. The maximum absolute atomic E-state index is 13.9. The van der Waals surface area contributed by atoms with E-state index >= 15 is 0 Å². The molecule has 1 amide bonds. The first-order valence-electron chi connectivity index (χ1n) is 8.88. The second kappa shape index (κ2) is 9.03. The molecule has 1 N–H and O–H groups in total. The van der Waals surface area contributed by atoms with E-state index in [1.807, 2.05) is 6.92 Å². The topological polar surface area (TPSA) is 61.1 Å². The monoisotopic (exact) mass is 436 g/mol. The zero-order valence-electron chi connectivity index (χ0n) is 15.1. The van der Waals surface area contributed by atoms with Crippen molar-refractivity contribution in [3.05, 3.63) is 58.2 Å². The molecule has 2 heterocycles. The lowest BCUT2D eigenvalue weighted by Crippen LogP contribution is -2.53. The number of amides is 1. The Kier molecular flexibility index (Phi) is 6.49. The van der Waals surface area contributed by atoms with Crippen LogP contribution in [0.5, 0.6) is 0 Å². The molecule has 1 fully saturated rings. The third kappa shape index (κ3) is 4.88. The fraction of sp³-hybridized carbons (Fsp3) is 0.368. The second-order valence-corrected chi connectivity index (χ2v) is 7.08. The summed E-state index contributed by atoms with van der Waals surface area (Å²) in [5.74, 6) is 0.709. The maximum Gasteiger partial charge on any atom is 0.289 e. The molecule has 0 radical (unpaired) electrons. The van der Waals surface area contributed by atoms with Crippen molar-refractivity contribution in [2.75, 3.05) is 32.7 Å². The third-order valence-electron chi connectivity index (χ3n) is 4.34. The SMILES string of the molecule is CCNC(=NCc1cc(Br)ccc1F)N1CCN(C(=O)c2ccco2)CC1. The van der Waals surface area contributed by atoms with Crippen molar-refractivity contribution >= 4 is 27.8 Å². The molecule has 1 aliphatic heterocycles. The van der Waals surface area contributed by atoms with Gasteiger partial charge in [-0.25, -0.2) is 9.38 Å². The van der Waals surface area contributed by atoms with E-state index in [1.54, 1.807) is 29.2 Å². The number of guanidine groups is 1. The Morgan fingerprint density at radius 1 is 1.26 bits per heavy atom. The van der Waals surface area contributed by atoms with Crippen LogP contribution in [0.2, 0.25) is 0 Å². The van der Waals surface area contributed by atoms with Crippen molar-refractivity contribution in [1.29, 1.82) is 0 Å². The van der Waals surface area contributed by atoms with Crippen LogP contribution in [0.3, 0.4) is 0 Å². The number of nitrogens with one attached hydrogen (secondary N) is 1. The first kappa shape index (κ1) is 19.4. The van der Waals surface area contributed by atoms with Crippen LogP contribution in [0, 0.1) is 5.82 Å². The molecule has 1 aromatic carbocycles. The van der Waals surface area contributed by atoms with E-state index in [0.717, 1.165) is 10.4 Å². The molecule has 0 atom stereocenters. The highest BCUT2D eigenvalue weighted by molar-refractivity contribution is 9.10. The number of hydrogen-bond donors (Lipinski definition) is 1. The molecular formula is C19H22BrFN4O2. The van der Waals surface area contributed by atoms with E-state index in [1.165, 1.54) is 12.3 Å². The first-order valence-corrected chi connectivity index (χ1v) is 9.67. The van der Waals surface area contributed by atoms with Gasteiger partial charge >= 0.3 is 0 Å². The molecule has 0 aliphatic carbocycles. The summed E-state index contributed by atoms with van der Waals surface area (Å²) in [7, 11) is 0. The molecule has 0 saturated carbocycles. The molecule has 144 valence electrons. The summed E-state index contributed by atoms with van der Waals surface area (Å²) < 4.78 is 20.0. The van der Waals surface area contributed by atoms with Crippen LogP contribution >= 0.6 is 15.9 Å². The number of rotatable bonds is 4. The normalized spacial score (nSPS) is 15.1. The van der Waals surface area contributed by atoms with Gasteiger partial charge in [0.25, 0.3) is 5.91 Å². The van der Waals surface area contributed by atoms with Crippen LogP contribution in [-0.2, 0) is 6.54 Å². The molecule has 0 spiro atoms. The quantitative estimate of drug-likeness (QED) is 0.590. The zero-order chi connectivity index (χ0) is 19.2. The zero-order valence-corrected chi connectivity index (χ0v) is 16.7. The van der Waals surface area contributed by atoms with Crippen LogP contribution in [0.15, 0.2) is 50.5 Å². The van der Waals surface area contributed by atoms with Crippen molar-refractivity contribution in [1.82, 2.24) is 15.1 Å². The number of hydrogen-bond acceptors (Lipinski definition) is 3. The Bertz CT molecular complexity index is 802. The van der Waals surface area contributed by atoms with Gasteiger partial charge in [-0.15, -0.1) is 0 Å². The van der Waals surface area contributed by atoms with Gasteiger partial charge in [0.15, 0.2) is 11.7 Å². The van der Waals surface area contributed by atoms with Crippen LogP contribution in [0.25, 0.3) is 0 Å². The number of benzene rings is 1. The first-order chi connectivity index (χ1) is 13.1. The molecule has 0 unspecified atom stereocenters. The number of furan rings is 1. The van der Waals surface area contributed by atoms with Gasteiger partial charge in [-0.05, 0) is 37.3 Å². The van der Waals surface area contributed by atoms with E-state index in [-0.39, 0.29) is 18.3 Å². The third-order valence-corrected chi connectivity index (χ3v) is 4.83. The van der Waals surface area contributed by atoms with Crippen LogP contribution in [0.1, 0.15) is 23.0 Å². The lowest BCUT2D eigenvalue weighted by molar-refractivity contribution is 0.0657. The molecule has 8 heteroatoms. The number of piperazine rings is 1. The summed E-state index contributed by atoms with van der Waals surface area (Å²) in [6.45, 7) is 5.42. The minimum absolute atomic E-state index is 0.0993. The number of carbonyl (C=O) groups is 1. The van der Waals surface area contributed by atoms with Crippen molar-refractivity contribution in [3.63, 3.8) is 0 Å². The molecule has 1 aliphatic rings. The molecule has 0 bridgehead atoms. The van der Waals surface area contributed by atoms with Crippen molar-refractivity contribution in [2.45, 2.75) is 13.5 Å². The predicted molar refractivity (Wildman–Crippen MR) is 105 cm³/mol. The molecule has 2 aromatic rings. The predicted octanol–water partition coefficient (Wildman–Crippen LogP) is 3.10. The summed E-state index contributed by atoms with van der Waals surface area (Å²) in [5.41, 5.74) is 0.534. The number of nitrogens with zero attached hydrogens (tertiary/aromatic N) is 3. The van der Waals surface area contributed by atoms with Gasteiger partial charge in [-0.2, -0.15) is 0 Å². The van der Waals surface area contributed by atoms with Gasteiger partial charge in [0.2, 0.25) is 0 Å². The van der Waals surface area contributed by atoms with Gasteiger partial charge in [-0.1, -0.05) is 15.9 Å². The van der Waals surface area contributed by atoms with Crippen LogP contribution in [-0.4, -0.2) is 54.4 Å². The summed E-state index contributed by atoms with van der Waals surface area (Å²) in [5, 5.41) is 3.25. The average molecular weight is 437 g/mol. The molecule has 1 saturated heterocycles. The number of halogens is 2. The molecule has 6 nitrogen and oxygen atoms in total. The number of carbonyl (C=O) groups excluding carboxylic acids is 1. The van der Waals surface area contributed by atoms with Gasteiger partial charge in [0.1, 0.15) is 5.82 Å². The minimum atomic E-state index is -0.272. The largest absolute Gasteiger partial charge is 0.459 e. The highest BCUT2D eigenvalue weighted by Crippen LogP contribution is 2.17. The Balaban J connectivity index is 1.64. The molecule has 27 heavy (non-hydrogen) atoms. The van der Waals surface area contributed by atoms with Gasteiger partial charge < -0.3 is 19.5 Å². The van der Waals surface area contributed by atoms with E-state index in [0.29, 0.717) is 44.0 Å². The fourth-order valence-corrected chi connectivity index (χ4v) is 3.34. The van der Waals surface area contributed by atoms with E-state index in [9.17, 15) is 9.18 Å². The molecular weight excluding hydrogens is 415 g/mol. The Labute approximate surface area is 166 Å².